The van der Waals surface area contributed by atoms with Gasteiger partial charge in [-0.1, -0.05) is 11.6 Å². The van der Waals surface area contributed by atoms with Gasteiger partial charge in [-0.05, 0) is 40.2 Å². The molecule has 0 aliphatic rings. The zero-order chi connectivity index (χ0) is 15.6. The summed E-state index contributed by atoms with van der Waals surface area (Å²) in [6, 6.07) is 6.20. The maximum atomic E-state index is 13.2. The highest BCUT2D eigenvalue weighted by atomic mass is 79.9. The van der Waals surface area contributed by atoms with E-state index in [-0.39, 0.29) is 21.3 Å². The van der Waals surface area contributed by atoms with Gasteiger partial charge in [-0.3, -0.25) is 4.72 Å². The molecule has 1 N–H and O–H groups in total. The number of hydrogen-bond donors (Lipinski definition) is 1. The third-order valence-electron chi connectivity index (χ3n) is 2.40. The summed E-state index contributed by atoms with van der Waals surface area (Å²) in [5.41, 5.74) is -0.224. The third-order valence-corrected chi connectivity index (χ3v) is 4.64. The van der Waals surface area contributed by atoms with Crippen molar-refractivity contribution < 1.29 is 12.8 Å². The van der Waals surface area contributed by atoms with Gasteiger partial charge < -0.3 is 0 Å². The summed E-state index contributed by atoms with van der Waals surface area (Å²) >= 11 is 8.87. The molecule has 2 rings (SSSR count). The number of benzene rings is 1. The third kappa shape index (κ3) is 3.50. The molecule has 2 aromatic rings. The molecule has 108 valence electrons. The number of nitrogens with zero attached hydrogens (tertiary/aromatic N) is 2. The summed E-state index contributed by atoms with van der Waals surface area (Å²) in [6.45, 7) is 0. The first-order valence-corrected chi connectivity index (χ1v) is 8.02. The second-order valence-corrected chi connectivity index (χ2v) is 6.78. The van der Waals surface area contributed by atoms with Crippen molar-refractivity contribution >= 4 is 43.2 Å². The van der Waals surface area contributed by atoms with Crippen molar-refractivity contribution in [3.8, 4) is 6.07 Å². The van der Waals surface area contributed by atoms with Gasteiger partial charge in [0.2, 0.25) is 0 Å². The Kier molecular flexibility index (Phi) is 4.46. The lowest BCUT2D eigenvalue weighted by Gasteiger charge is -2.09. The second-order valence-electron chi connectivity index (χ2n) is 3.85. The van der Waals surface area contributed by atoms with Gasteiger partial charge >= 0.3 is 0 Å². The van der Waals surface area contributed by atoms with Gasteiger partial charge in [0.05, 0.1) is 11.3 Å². The minimum absolute atomic E-state index is 0.0454. The molecule has 0 spiro atoms. The number of pyridine rings is 1. The molecule has 21 heavy (non-hydrogen) atoms. The molecule has 5 nitrogen and oxygen atoms in total. The number of halogens is 3. The van der Waals surface area contributed by atoms with E-state index in [2.05, 4.69) is 25.6 Å². The summed E-state index contributed by atoms with van der Waals surface area (Å²) < 4.78 is 40.3. The number of aromatic nitrogens is 1. The van der Waals surface area contributed by atoms with E-state index in [9.17, 15) is 12.8 Å². The predicted octanol–water partition coefficient (Wildman–Crippen LogP) is 3.31. The van der Waals surface area contributed by atoms with Crippen LogP contribution in [0.15, 0.2) is 39.8 Å². The summed E-state index contributed by atoms with van der Waals surface area (Å²) in [5.74, 6) is -0.734. The molecular formula is C12H6BrClFN3O2S. The molecule has 1 heterocycles. The summed E-state index contributed by atoms with van der Waals surface area (Å²) in [7, 11) is -4.01. The van der Waals surface area contributed by atoms with Crippen LogP contribution in [-0.4, -0.2) is 13.4 Å². The van der Waals surface area contributed by atoms with E-state index in [0.29, 0.717) is 4.47 Å². The van der Waals surface area contributed by atoms with Crippen molar-refractivity contribution in [3.63, 3.8) is 0 Å². The van der Waals surface area contributed by atoms with Gasteiger partial charge in [0, 0.05) is 10.7 Å². The Balaban J connectivity index is 2.43. The summed E-state index contributed by atoms with van der Waals surface area (Å²) in [6.07, 6.45) is 1.35. The second kappa shape index (κ2) is 5.97. The lowest BCUT2D eigenvalue weighted by atomic mass is 10.2. The highest BCUT2D eigenvalue weighted by molar-refractivity contribution is 9.10. The fraction of sp³-hybridized carbons (Fsp3) is 0. The highest BCUT2D eigenvalue weighted by Crippen LogP contribution is 2.25. The van der Waals surface area contributed by atoms with Gasteiger partial charge in [0.15, 0.2) is 0 Å². The highest BCUT2D eigenvalue weighted by Gasteiger charge is 2.20. The first-order chi connectivity index (χ1) is 9.83. The molecule has 0 saturated heterocycles. The molecule has 0 fully saturated rings. The minimum Gasteiger partial charge on any atom is -0.279 e. The quantitative estimate of drug-likeness (QED) is 0.815. The first kappa shape index (κ1) is 15.7. The van der Waals surface area contributed by atoms with Crippen molar-refractivity contribution in [2.45, 2.75) is 4.90 Å². The zero-order valence-electron chi connectivity index (χ0n) is 10.1. The number of sulfonamides is 1. The minimum atomic E-state index is -4.01. The van der Waals surface area contributed by atoms with Gasteiger partial charge in [0.25, 0.3) is 10.0 Å². The molecule has 0 amide bonds. The van der Waals surface area contributed by atoms with Crippen LogP contribution in [0.3, 0.4) is 0 Å². The molecule has 0 saturated carbocycles. The van der Waals surface area contributed by atoms with E-state index >= 15 is 0 Å². The molecule has 0 unspecified atom stereocenters. The first-order valence-electron chi connectivity index (χ1n) is 5.37. The topological polar surface area (TPSA) is 82.9 Å². The Labute approximate surface area is 133 Å². The average Bonchev–Trinajstić information content (AvgIpc) is 2.43. The normalized spacial score (nSPS) is 11.0. The molecule has 0 aliphatic carbocycles. The van der Waals surface area contributed by atoms with Crippen LogP contribution in [0.5, 0.6) is 0 Å². The van der Waals surface area contributed by atoms with E-state index in [1.165, 1.54) is 18.3 Å². The Hall–Kier alpha value is -1.69. The number of nitriles is 1. The van der Waals surface area contributed by atoms with Crippen LogP contribution in [0, 0.1) is 17.1 Å². The summed E-state index contributed by atoms with van der Waals surface area (Å²) in [4.78, 5) is 3.49. The molecule has 9 heteroatoms. The van der Waals surface area contributed by atoms with Crippen LogP contribution in [0.4, 0.5) is 10.1 Å². The molecule has 1 aromatic heterocycles. The largest absolute Gasteiger partial charge is 0.279 e. The SMILES string of the molecule is N#Cc1cc(NS(=O)(=O)c2cc(Br)cnc2Cl)ccc1F. The van der Waals surface area contributed by atoms with E-state index in [1.54, 1.807) is 6.07 Å². The smallest absolute Gasteiger partial charge is 0.265 e. The van der Waals surface area contributed by atoms with Crippen LogP contribution in [-0.2, 0) is 10.0 Å². The van der Waals surface area contributed by atoms with Crippen molar-refractivity contribution in [2.24, 2.45) is 0 Å². The lowest BCUT2D eigenvalue weighted by Crippen LogP contribution is -2.14. The molecule has 1 aromatic carbocycles. The number of hydrogen-bond acceptors (Lipinski definition) is 4. The van der Waals surface area contributed by atoms with Crippen molar-refractivity contribution in [3.05, 3.63) is 51.5 Å². The molecule has 0 bridgehead atoms. The van der Waals surface area contributed by atoms with Gasteiger partial charge in [-0.25, -0.2) is 17.8 Å². The monoisotopic (exact) mass is 389 g/mol. The van der Waals surface area contributed by atoms with Gasteiger partial charge in [0.1, 0.15) is 21.9 Å². The van der Waals surface area contributed by atoms with Crippen LogP contribution < -0.4 is 4.72 Å². The van der Waals surface area contributed by atoms with E-state index in [4.69, 9.17) is 16.9 Å². The van der Waals surface area contributed by atoms with E-state index in [1.807, 2.05) is 0 Å². The molecule has 0 aliphatic heterocycles. The number of rotatable bonds is 3. The molecule has 0 radical (unpaired) electrons. The van der Waals surface area contributed by atoms with Gasteiger partial charge in [-0.15, -0.1) is 0 Å². The summed E-state index contributed by atoms with van der Waals surface area (Å²) in [5, 5.41) is 8.53. The van der Waals surface area contributed by atoms with Crippen molar-refractivity contribution in [2.75, 3.05) is 4.72 Å². The maximum Gasteiger partial charge on any atom is 0.265 e. The van der Waals surface area contributed by atoms with Crippen LogP contribution in [0.2, 0.25) is 5.15 Å². The molecule has 0 atom stereocenters. The predicted molar refractivity (Wildman–Crippen MR) is 78.9 cm³/mol. The van der Waals surface area contributed by atoms with Crippen molar-refractivity contribution in [1.82, 2.24) is 4.98 Å². The Bertz CT molecular complexity index is 852. The standard InChI is InChI=1S/C12H6BrClFN3O2S/c13-8-4-11(12(14)17-6-8)21(19,20)18-9-1-2-10(15)7(3-9)5-16/h1-4,6,18H. The fourth-order valence-corrected chi connectivity index (χ4v) is 3.47. The lowest BCUT2D eigenvalue weighted by molar-refractivity contribution is 0.600. The Morgan fingerprint density at radius 3 is 2.76 bits per heavy atom. The number of anilines is 1. The van der Waals surface area contributed by atoms with Crippen molar-refractivity contribution in [1.29, 1.82) is 5.26 Å². The Morgan fingerprint density at radius 2 is 2.10 bits per heavy atom. The van der Waals surface area contributed by atoms with Crippen LogP contribution in [0.25, 0.3) is 0 Å². The average molecular weight is 391 g/mol. The number of nitrogens with one attached hydrogen (secondary N) is 1. The van der Waals surface area contributed by atoms with Crippen LogP contribution >= 0.6 is 27.5 Å². The van der Waals surface area contributed by atoms with Crippen LogP contribution in [0.1, 0.15) is 5.56 Å². The fourth-order valence-electron chi connectivity index (χ4n) is 1.48. The van der Waals surface area contributed by atoms with E-state index in [0.717, 1.165) is 12.1 Å². The van der Waals surface area contributed by atoms with Gasteiger partial charge in [-0.2, -0.15) is 5.26 Å². The zero-order valence-corrected chi connectivity index (χ0v) is 13.3. The Morgan fingerprint density at radius 1 is 1.38 bits per heavy atom. The van der Waals surface area contributed by atoms with E-state index < -0.39 is 15.8 Å². The molecular weight excluding hydrogens is 385 g/mol. The maximum absolute atomic E-state index is 13.2.